The van der Waals surface area contributed by atoms with Crippen molar-refractivity contribution in [3.63, 3.8) is 0 Å². The lowest BCUT2D eigenvalue weighted by atomic mass is 10.8. The van der Waals surface area contributed by atoms with Crippen LogP contribution in [0.3, 0.4) is 0 Å². The molecule has 0 heterocycles. The van der Waals surface area contributed by atoms with E-state index in [1.54, 1.807) is 0 Å². The second kappa shape index (κ2) is 3.43. The Morgan fingerprint density at radius 1 is 1.62 bits per heavy atom. The zero-order valence-electron chi connectivity index (χ0n) is 4.90. The van der Waals surface area contributed by atoms with Crippen LogP contribution in [0.25, 0.3) is 0 Å². The van der Waals surface area contributed by atoms with Gasteiger partial charge < -0.3 is 11.1 Å². The van der Waals surface area contributed by atoms with Crippen molar-refractivity contribution in [3.8, 4) is 0 Å². The van der Waals surface area contributed by atoms with Gasteiger partial charge in [-0.15, -0.1) is 11.8 Å². The molecule has 2 nitrogen and oxygen atoms in total. The molecule has 0 aliphatic heterocycles. The fourth-order valence-corrected chi connectivity index (χ4v) is 0.463. The molecule has 0 aromatic heterocycles. The minimum Gasteiger partial charge on any atom is -0.386 e. The van der Waals surface area contributed by atoms with Gasteiger partial charge in [0.1, 0.15) is 0 Å². The van der Waals surface area contributed by atoms with E-state index >= 15 is 0 Å². The van der Waals surface area contributed by atoms with Gasteiger partial charge in [-0.3, -0.25) is 0 Å². The summed E-state index contributed by atoms with van der Waals surface area (Å²) in [5, 5.41) is 3.56. The van der Waals surface area contributed by atoms with Crippen LogP contribution in [0.2, 0.25) is 0 Å². The average molecular weight is 130 g/mol. The third-order valence-corrected chi connectivity index (χ3v) is 1.14. The molecular formula is C5H10N2S. The van der Waals surface area contributed by atoms with Crippen LogP contribution in [0.15, 0.2) is 24.0 Å². The molecule has 0 bridgehead atoms. The fraction of sp³-hybridized carbons (Fsp3) is 0.200. The molecule has 0 atom stereocenters. The summed E-state index contributed by atoms with van der Waals surface area (Å²) in [6.45, 7) is 7.06. The van der Waals surface area contributed by atoms with Crippen molar-refractivity contribution in [2.24, 2.45) is 5.73 Å². The summed E-state index contributed by atoms with van der Waals surface area (Å²) in [4.78, 5) is 0. The topological polar surface area (TPSA) is 38.0 Å². The zero-order chi connectivity index (χ0) is 6.57. The van der Waals surface area contributed by atoms with Crippen molar-refractivity contribution in [2.45, 2.75) is 0 Å². The Kier molecular flexibility index (Phi) is 3.19. The molecule has 0 saturated heterocycles. The number of hydrogen-bond acceptors (Lipinski definition) is 3. The molecule has 0 amide bonds. The maximum atomic E-state index is 5.19. The minimum absolute atomic E-state index is 0.435. The normalized spacial score (nSPS) is 8.12. The van der Waals surface area contributed by atoms with E-state index in [4.69, 9.17) is 5.73 Å². The van der Waals surface area contributed by atoms with Gasteiger partial charge in [-0.2, -0.15) is 0 Å². The first kappa shape index (κ1) is 7.43. The summed E-state index contributed by atoms with van der Waals surface area (Å²) < 4.78 is 0. The molecule has 0 aliphatic rings. The number of nitrogens with two attached hydrogens (primary N) is 1. The van der Waals surface area contributed by atoms with Crippen LogP contribution in [0, 0.1) is 0 Å². The lowest BCUT2D eigenvalue weighted by Crippen LogP contribution is -2.15. The Bertz CT molecular complexity index is 109. The second-order valence-corrected chi connectivity index (χ2v) is 2.18. The SMILES string of the molecule is C=C(N)NC(=C)SC. The van der Waals surface area contributed by atoms with Gasteiger partial charge in [-0.1, -0.05) is 13.2 Å². The Morgan fingerprint density at radius 2 is 2.12 bits per heavy atom. The monoisotopic (exact) mass is 130 g/mol. The Balaban J connectivity index is 3.40. The van der Waals surface area contributed by atoms with E-state index in [1.165, 1.54) is 11.8 Å². The van der Waals surface area contributed by atoms with Crippen molar-refractivity contribution >= 4 is 11.8 Å². The number of hydrogen-bond donors (Lipinski definition) is 2. The van der Waals surface area contributed by atoms with Crippen molar-refractivity contribution in [3.05, 3.63) is 24.0 Å². The highest BCUT2D eigenvalue weighted by Crippen LogP contribution is 2.02. The van der Waals surface area contributed by atoms with Crippen LogP contribution in [-0.2, 0) is 0 Å². The Labute approximate surface area is 53.8 Å². The van der Waals surface area contributed by atoms with Crippen LogP contribution < -0.4 is 11.1 Å². The van der Waals surface area contributed by atoms with Gasteiger partial charge in [-0.05, 0) is 6.26 Å². The van der Waals surface area contributed by atoms with Gasteiger partial charge in [-0.25, -0.2) is 0 Å². The number of thioether (sulfide) groups is 1. The molecule has 0 aromatic carbocycles. The van der Waals surface area contributed by atoms with E-state index in [0.29, 0.717) is 5.82 Å². The van der Waals surface area contributed by atoms with E-state index in [-0.39, 0.29) is 0 Å². The maximum Gasteiger partial charge on any atom is 0.0934 e. The fourth-order valence-electron chi connectivity index (χ4n) is 0.230. The predicted octanol–water partition coefficient (Wildman–Crippen LogP) is 0.840. The zero-order valence-corrected chi connectivity index (χ0v) is 5.72. The summed E-state index contributed by atoms with van der Waals surface area (Å²) in [6.07, 6.45) is 1.91. The van der Waals surface area contributed by atoms with Gasteiger partial charge in [0.15, 0.2) is 0 Å². The molecule has 0 saturated carbocycles. The van der Waals surface area contributed by atoms with Crippen LogP contribution in [-0.4, -0.2) is 6.26 Å². The van der Waals surface area contributed by atoms with E-state index in [2.05, 4.69) is 18.5 Å². The Morgan fingerprint density at radius 3 is 2.25 bits per heavy atom. The third kappa shape index (κ3) is 3.61. The number of rotatable bonds is 3. The quantitative estimate of drug-likeness (QED) is 0.594. The third-order valence-electron chi connectivity index (χ3n) is 0.546. The van der Waals surface area contributed by atoms with Crippen molar-refractivity contribution < 1.29 is 0 Å². The van der Waals surface area contributed by atoms with Crippen molar-refractivity contribution in [1.82, 2.24) is 5.32 Å². The largest absolute Gasteiger partial charge is 0.386 e. The molecule has 0 spiro atoms. The minimum atomic E-state index is 0.435. The van der Waals surface area contributed by atoms with Crippen molar-refractivity contribution in [1.29, 1.82) is 0 Å². The highest BCUT2D eigenvalue weighted by Gasteiger charge is 1.85. The average Bonchev–Trinajstić information content (AvgIpc) is 1.65. The molecule has 8 heavy (non-hydrogen) atoms. The standard InChI is InChI=1S/C5H10N2S/c1-4(6)7-5(2)8-3/h7H,1-2,6H2,3H3. The molecule has 0 fully saturated rings. The first-order valence-corrected chi connectivity index (χ1v) is 3.33. The summed E-state index contributed by atoms with van der Waals surface area (Å²) in [5.74, 6) is 0.435. The van der Waals surface area contributed by atoms with Crippen LogP contribution in [0.1, 0.15) is 0 Å². The van der Waals surface area contributed by atoms with Crippen LogP contribution in [0.4, 0.5) is 0 Å². The molecule has 3 heteroatoms. The molecule has 0 aromatic rings. The molecule has 0 rings (SSSR count). The molecule has 0 unspecified atom stereocenters. The van der Waals surface area contributed by atoms with E-state index < -0.39 is 0 Å². The van der Waals surface area contributed by atoms with Gasteiger partial charge in [0.2, 0.25) is 0 Å². The predicted molar refractivity (Wildman–Crippen MR) is 39.1 cm³/mol. The lowest BCUT2D eigenvalue weighted by Gasteiger charge is -2.02. The van der Waals surface area contributed by atoms with E-state index in [0.717, 1.165) is 5.03 Å². The van der Waals surface area contributed by atoms with Crippen molar-refractivity contribution in [2.75, 3.05) is 6.26 Å². The van der Waals surface area contributed by atoms with Gasteiger partial charge in [0.25, 0.3) is 0 Å². The first-order valence-electron chi connectivity index (χ1n) is 2.11. The van der Waals surface area contributed by atoms with Gasteiger partial charge in [0, 0.05) is 0 Å². The second-order valence-electron chi connectivity index (χ2n) is 1.28. The van der Waals surface area contributed by atoms with Gasteiger partial charge in [0.05, 0.1) is 10.9 Å². The first-order chi connectivity index (χ1) is 3.66. The lowest BCUT2D eigenvalue weighted by molar-refractivity contribution is 1.03. The highest BCUT2D eigenvalue weighted by atomic mass is 32.2. The van der Waals surface area contributed by atoms with Gasteiger partial charge >= 0.3 is 0 Å². The molecule has 0 radical (unpaired) electrons. The number of nitrogens with one attached hydrogen (secondary N) is 1. The molecule has 3 N–H and O–H groups in total. The molecule has 46 valence electrons. The summed E-state index contributed by atoms with van der Waals surface area (Å²) in [5.41, 5.74) is 5.19. The summed E-state index contributed by atoms with van der Waals surface area (Å²) in [6, 6.07) is 0. The Hall–Kier alpha value is -0.570. The highest BCUT2D eigenvalue weighted by molar-refractivity contribution is 8.02. The smallest absolute Gasteiger partial charge is 0.0934 e. The van der Waals surface area contributed by atoms with Crippen LogP contribution in [0.5, 0.6) is 0 Å². The summed E-state index contributed by atoms with van der Waals surface area (Å²) in [7, 11) is 0. The summed E-state index contributed by atoms with van der Waals surface area (Å²) >= 11 is 1.51. The molecular weight excluding hydrogens is 120 g/mol. The molecule has 0 aliphatic carbocycles. The van der Waals surface area contributed by atoms with E-state index in [1.807, 2.05) is 6.26 Å². The van der Waals surface area contributed by atoms with Crippen LogP contribution >= 0.6 is 11.8 Å². The maximum absolute atomic E-state index is 5.19. The van der Waals surface area contributed by atoms with E-state index in [9.17, 15) is 0 Å².